The number of ether oxygens (including phenoxy) is 1. The van der Waals surface area contributed by atoms with E-state index in [1.807, 2.05) is 24.3 Å². The molecule has 2 aromatic rings. The summed E-state index contributed by atoms with van der Waals surface area (Å²) in [7, 11) is 0. The molecule has 3 N–H and O–H groups in total. The molecular formula is C14H13Cl3N2O4. The number of nitrogens with one attached hydrogen (secondary N) is 2. The molecule has 0 aliphatic carbocycles. The predicted octanol–water partition coefficient (Wildman–Crippen LogP) is 3.26. The second-order valence-electron chi connectivity index (χ2n) is 4.79. The van der Waals surface area contributed by atoms with Gasteiger partial charge in [0.15, 0.2) is 0 Å². The van der Waals surface area contributed by atoms with E-state index in [-0.39, 0.29) is 6.42 Å². The number of carbonyl (C=O) groups excluding carboxylic acids is 1. The number of halogens is 3. The third-order valence-corrected chi connectivity index (χ3v) is 3.38. The second kappa shape index (κ2) is 7.29. The average molecular weight is 380 g/mol. The number of carboxylic acids is 1. The summed E-state index contributed by atoms with van der Waals surface area (Å²) in [6.45, 7) is -0.483. The minimum Gasteiger partial charge on any atom is -0.480 e. The zero-order valence-corrected chi connectivity index (χ0v) is 14.0. The lowest BCUT2D eigenvalue weighted by molar-refractivity contribution is -0.139. The Labute approximate surface area is 146 Å². The number of aromatic amines is 1. The molecule has 0 aliphatic heterocycles. The lowest BCUT2D eigenvalue weighted by atomic mass is 10.1. The van der Waals surface area contributed by atoms with Crippen LogP contribution in [0.5, 0.6) is 0 Å². The van der Waals surface area contributed by atoms with Crippen LogP contribution in [0.4, 0.5) is 4.79 Å². The molecule has 6 nitrogen and oxygen atoms in total. The van der Waals surface area contributed by atoms with Gasteiger partial charge in [-0.15, -0.1) is 0 Å². The number of alkyl halides is 3. The van der Waals surface area contributed by atoms with Crippen LogP contribution in [-0.4, -0.2) is 38.6 Å². The van der Waals surface area contributed by atoms with Crippen LogP contribution in [0, 0.1) is 0 Å². The van der Waals surface area contributed by atoms with Crippen molar-refractivity contribution in [2.75, 3.05) is 6.61 Å². The van der Waals surface area contributed by atoms with E-state index in [1.54, 1.807) is 6.20 Å². The van der Waals surface area contributed by atoms with Gasteiger partial charge in [-0.1, -0.05) is 53.0 Å². The van der Waals surface area contributed by atoms with Gasteiger partial charge in [0.1, 0.15) is 12.6 Å². The fourth-order valence-corrected chi connectivity index (χ4v) is 2.22. The number of carboxylic acid groups (broad SMARTS) is 1. The van der Waals surface area contributed by atoms with Crippen LogP contribution < -0.4 is 5.32 Å². The number of benzene rings is 1. The monoisotopic (exact) mass is 378 g/mol. The molecule has 0 spiro atoms. The fraction of sp³-hybridized carbons (Fsp3) is 0.286. The Morgan fingerprint density at radius 2 is 2.00 bits per heavy atom. The highest BCUT2D eigenvalue weighted by Crippen LogP contribution is 2.26. The summed E-state index contributed by atoms with van der Waals surface area (Å²) in [5.41, 5.74) is 1.64. The van der Waals surface area contributed by atoms with Crippen molar-refractivity contribution in [3.63, 3.8) is 0 Å². The largest absolute Gasteiger partial charge is 0.480 e. The number of hydrogen-bond donors (Lipinski definition) is 3. The van der Waals surface area contributed by atoms with Crippen LogP contribution in [0.2, 0.25) is 0 Å². The van der Waals surface area contributed by atoms with Gasteiger partial charge >= 0.3 is 12.1 Å². The Bertz CT molecular complexity index is 711. The fourth-order valence-electron chi connectivity index (χ4n) is 2.05. The smallest absolute Gasteiger partial charge is 0.408 e. The van der Waals surface area contributed by atoms with E-state index >= 15 is 0 Å². The van der Waals surface area contributed by atoms with Gasteiger partial charge in [0, 0.05) is 23.5 Å². The highest BCUT2D eigenvalue weighted by atomic mass is 35.6. The minimum absolute atomic E-state index is 0.0855. The van der Waals surface area contributed by atoms with Crippen molar-refractivity contribution in [1.82, 2.24) is 10.3 Å². The SMILES string of the molecule is O=C(N[C@@H](Cc1c[nH]c2ccccc12)C(=O)O)OCC(Cl)(Cl)Cl. The predicted molar refractivity (Wildman–Crippen MR) is 88.2 cm³/mol. The van der Waals surface area contributed by atoms with Crippen molar-refractivity contribution in [2.24, 2.45) is 0 Å². The van der Waals surface area contributed by atoms with Gasteiger partial charge in [-0.3, -0.25) is 0 Å². The molecule has 1 aromatic carbocycles. The summed E-state index contributed by atoms with van der Waals surface area (Å²) in [5.74, 6) is -1.19. The molecule has 23 heavy (non-hydrogen) atoms. The number of aliphatic carboxylic acids is 1. The van der Waals surface area contributed by atoms with Gasteiger partial charge < -0.3 is 20.1 Å². The standard InChI is InChI=1S/C14H13Cl3N2O4/c15-14(16,17)7-23-13(22)19-11(12(20)21)5-8-6-18-10-4-2-1-3-9(8)10/h1-4,6,11,18H,5,7H2,(H,19,22)(H,20,21)/t11-/m0/s1. The minimum atomic E-state index is -1.76. The van der Waals surface area contributed by atoms with Crippen molar-refractivity contribution in [3.05, 3.63) is 36.0 Å². The summed E-state index contributed by atoms with van der Waals surface area (Å²) < 4.78 is 2.92. The van der Waals surface area contributed by atoms with Crippen LogP contribution >= 0.6 is 34.8 Å². The third-order valence-electron chi connectivity index (χ3n) is 3.06. The van der Waals surface area contributed by atoms with Gasteiger partial charge in [0.25, 0.3) is 0 Å². The molecule has 1 atom stereocenters. The van der Waals surface area contributed by atoms with Gasteiger partial charge in [0.05, 0.1) is 0 Å². The molecule has 0 saturated heterocycles. The molecule has 0 radical (unpaired) electrons. The Balaban J connectivity index is 2.04. The zero-order chi connectivity index (χ0) is 17.0. The summed E-state index contributed by atoms with van der Waals surface area (Å²) in [5, 5.41) is 12.4. The van der Waals surface area contributed by atoms with Crippen LogP contribution in [0.25, 0.3) is 10.9 Å². The molecular weight excluding hydrogens is 367 g/mol. The summed E-state index contributed by atoms with van der Waals surface area (Å²) in [6, 6.07) is 6.28. The number of para-hydroxylation sites is 1. The maximum atomic E-state index is 11.6. The van der Waals surface area contributed by atoms with Crippen molar-refractivity contribution >= 4 is 57.8 Å². The molecule has 1 aromatic heterocycles. The van der Waals surface area contributed by atoms with E-state index in [4.69, 9.17) is 34.8 Å². The number of hydrogen-bond acceptors (Lipinski definition) is 3. The molecule has 0 aliphatic rings. The lowest BCUT2D eigenvalue weighted by Gasteiger charge is -2.16. The van der Waals surface area contributed by atoms with E-state index < -0.39 is 28.5 Å². The number of fused-ring (bicyclic) bond motifs is 1. The number of aromatic nitrogens is 1. The maximum absolute atomic E-state index is 11.6. The summed E-state index contributed by atoms with van der Waals surface area (Å²) in [4.78, 5) is 26.0. The van der Waals surface area contributed by atoms with Crippen molar-refractivity contribution in [1.29, 1.82) is 0 Å². The first-order valence-electron chi connectivity index (χ1n) is 6.54. The van der Waals surface area contributed by atoms with Crippen LogP contribution in [0.15, 0.2) is 30.5 Å². The van der Waals surface area contributed by atoms with Gasteiger partial charge in [-0.2, -0.15) is 0 Å². The zero-order valence-electron chi connectivity index (χ0n) is 11.7. The van der Waals surface area contributed by atoms with E-state index in [2.05, 4.69) is 15.0 Å². The second-order valence-corrected chi connectivity index (χ2v) is 7.31. The van der Waals surface area contributed by atoms with E-state index in [9.17, 15) is 14.7 Å². The van der Waals surface area contributed by atoms with Gasteiger partial charge in [-0.25, -0.2) is 9.59 Å². The van der Waals surface area contributed by atoms with Gasteiger partial charge in [-0.05, 0) is 11.6 Å². The topological polar surface area (TPSA) is 91.4 Å². The van der Waals surface area contributed by atoms with Crippen molar-refractivity contribution < 1.29 is 19.4 Å². The van der Waals surface area contributed by atoms with Crippen LogP contribution in [0.1, 0.15) is 5.56 Å². The molecule has 2 rings (SSSR count). The number of alkyl carbamates (subject to hydrolysis) is 1. The Morgan fingerprint density at radius 3 is 2.65 bits per heavy atom. The number of carbonyl (C=O) groups is 2. The molecule has 124 valence electrons. The van der Waals surface area contributed by atoms with E-state index in [1.165, 1.54) is 0 Å². The first-order valence-corrected chi connectivity index (χ1v) is 7.67. The number of amides is 1. The highest BCUT2D eigenvalue weighted by molar-refractivity contribution is 6.67. The molecule has 9 heteroatoms. The number of H-pyrrole nitrogens is 1. The van der Waals surface area contributed by atoms with E-state index in [0.717, 1.165) is 16.5 Å². The Morgan fingerprint density at radius 1 is 1.30 bits per heavy atom. The van der Waals surface area contributed by atoms with E-state index in [0.29, 0.717) is 0 Å². The molecule has 1 amide bonds. The molecule has 0 unspecified atom stereocenters. The summed E-state index contributed by atoms with van der Waals surface area (Å²) >= 11 is 16.4. The lowest BCUT2D eigenvalue weighted by Crippen LogP contribution is -2.43. The van der Waals surface area contributed by atoms with Crippen molar-refractivity contribution in [2.45, 2.75) is 16.3 Å². The first-order chi connectivity index (χ1) is 10.8. The quantitative estimate of drug-likeness (QED) is 0.695. The molecule has 0 fully saturated rings. The Kier molecular flexibility index (Phi) is 5.62. The molecule has 0 saturated carbocycles. The maximum Gasteiger partial charge on any atom is 0.408 e. The molecule has 1 heterocycles. The average Bonchev–Trinajstić information content (AvgIpc) is 2.87. The van der Waals surface area contributed by atoms with Crippen LogP contribution in [0.3, 0.4) is 0 Å². The summed E-state index contributed by atoms with van der Waals surface area (Å²) in [6.07, 6.45) is 0.820. The first kappa shape index (κ1) is 17.7. The number of rotatable bonds is 5. The third kappa shape index (κ3) is 5.20. The highest BCUT2D eigenvalue weighted by Gasteiger charge is 2.26. The van der Waals surface area contributed by atoms with Crippen molar-refractivity contribution in [3.8, 4) is 0 Å². The Hall–Kier alpha value is -1.63. The normalized spacial score (nSPS) is 12.8. The van der Waals surface area contributed by atoms with Gasteiger partial charge in [0.2, 0.25) is 3.79 Å². The molecule has 0 bridgehead atoms. The van der Waals surface area contributed by atoms with Crippen LogP contribution in [-0.2, 0) is 16.0 Å².